The topological polar surface area (TPSA) is 53.1 Å². The van der Waals surface area contributed by atoms with Crippen LogP contribution in [0.5, 0.6) is 5.75 Å². The number of hydrogen-bond acceptors (Lipinski definition) is 3. The second kappa shape index (κ2) is 4.91. The fourth-order valence-electron chi connectivity index (χ4n) is 1.71. The van der Waals surface area contributed by atoms with Gasteiger partial charge in [-0.05, 0) is 19.9 Å². The van der Waals surface area contributed by atoms with Crippen molar-refractivity contribution in [1.82, 2.24) is 9.78 Å². The first-order valence-corrected chi connectivity index (χ1v) is 5.71. The van der Waals surface area contributed by atoms with Crippen LogP contribution < -0.4 is 10.5 Å². The number of hydrogen-bond donors (Lipinski definition) is 1. The summed E-state index contributed by atoms with van der Waals surface area (Å²) in [6.45, 7) is 5.22. The van der Waals surface area contributed by atoms with Gasteiger partial charge in [-0.15, -0.1) is 0 Å². The Morgan fingerprint density at radius 1 is 1.35 bits per heavy atom. The van der Waals surface area contributed by atoms with Crippen LogP contribution in [-0.4, -0.2) is 16.4 Å². The normalized spacial score (nSPS) is 10.5. The smallest absolute Gasteiger partial charge is 0.124 e. The number of benzene rings is 1. The molecule has 4 nitrogen and oxygen atoms in total. The lowest BCUT2D eigenvalue weighted by Gasteiger charge is -2.10. The number of para-hydroxylation sites is 1. The number of rotatable bonds is 4. The van der Waals surface area contributed by atoms with Crippen LogP contribution in [0.3, 0.4) is 0 Å². The van der Waals surface area contributed by atoms with Crippen molar-refractivity contribution < 1.29 is 4.74 Å². The Bertz CT molecular complexity index is 505. The molecule has 2 aromatic rings. The average molecular weight is 231 g/mol. The van der Waals surface area contributed by atoms with Gasteiger partial charge in [-0.3, -0.25) is 0 Å². The summed E-state index contributed by atoms with van der Waals surface area (Å²) in [4.78, 5) is 0. The fraction of sp³-hybridized carbons (Fsp3) is 0.308. The molecule has 1 heterocycles. The van der Waals surface area contributed by atoms with Crippen molar-refractivity contribution in [3.05, 3.63) is 41.6 Å². The van der Waals surface area contributed by atoms with E-state index in [9.17, 15) is 0 Å². The van der Waals surface area contributed by atoms with Crippen molar-refractivity contribution in [3.63, 3.8) is 0 Å². The number of anilines is 1. The van der Waals surface area contributed by atoms with Crippen LogP contribution in [0.2, 0.25) is 0 Å². The third-order valence-corrected chi connectivity index (χ3v) is 2.67. The predicted molar refractivity (Wildman–Crippen MR) is 68.1 cm³/mol. The molecule has 0 saturated carbocycles. The maximum atomic E-state index is 5.93. The van der Waals surface area contributed by atoms with Crippen LogP contribution in [-0.2, 0) is 6.54 Å². The summed E-state index contributed by atoms with van der Waals surface area (Å²) >= 11 is 0. The molecule has 0 saturated heterocycles. The summed E-state index contributed by atoms with van der Waals surface area (Å²) in [5, 5.41) is 4.25. The highest BCUT2D eigenvalue weighted by Gasteiger charge is 2.07. The summed E-state index contributed by atoms with van der Waals surface area (Å²) in [6, 6.07) is 7.95. The minimum Gasteiger partial charge on any atom is -0.494 e. The summed E-state index contributed by atoms with van der Waals surface area (Å²) in [7, 11) is 0. The highest BCUT2D eigenvalue weighted by molar-refractivity contribution is 5.40. The van der Waals surface area contributed by atoms with Crippen molar-refractivity contribution in [2.75, 3.05) is 12.3 Å². The van der Waals surface area contributed by atoms with Crippen LogP contribution in [0.1, 0.15) is 18.1 Å². The average Bonchev–Trinajstić information content (AvgIpc) is 2.64. The second-order valence-electron chi connectivity index (χ2n) is 3.91. The molecule has 0 atom stereocenters. The van der Waals surface area contributed by atoms with Crippen LogP contribution >= 0.6 is 0 Å². The first kappa shape index (κ1) is 11.5. The summed E-state index contributed by atoms with van der Waals surface area (Å²) < 4.78 is 7.36. The largest absolute Gasteiger partial charge is 0.494 e. The zero-order chi connectivity index (χ0) is 12.3. The van der Waals surface area contributed by atoms with Crippen LogP contribution in [0.15, 0.2) is 30.5 Å². The van der Waals surface area contributed by atoms with Gasteiger partial charge < -0.3 is 10.5 Å². The second-order valence-corrected chi connectivity index (χ2v) is 3.91. The van der Waals surface area contributed by atoms with Crippen molar-refractivity contribution in [2.45, 2.75) is 20.4 Å². The monoisotopic (exact) mass is 231 g/mol. The number of nitrogens with zero attached hydrogens (tertiary/aromatic N) is 2. The molecule has 0 amide bonds. The van der Waals surface area contributed by atoms with Gasteiger partial charge >= 0.3 is 0 Å². The van der Waals surface area contributed by atoms with E-state index in [0.717, 1.165) is 16.9 Å². The maximum Gasteiger partial charge on any atom is 0.124 e. The zero-order valence-corrected chi connectivity index (χ0v) is 10.2. The van der Waals surface area contributed by atoms with Gasteiger partial charge in [-0.2, -0.15) is 5.10 Å². The third-order valence-electron chi connectivity index (χ3n) is 2.67. The van der Waals surface area contributed by atoms with E-state index in [1.807, 2.05) is 38.1 Å². The van der Waals surface area contributed by atoms with E-state index in [1.165, 1.54) is 0 Å². The van der Waals surface area contributed by atoms with Crippen molar-refractivity contribution in [2.24, 2.45) is 0 Å². The molecule has 0 spiro atoms. The van der Waals surface area contributed by atoms with E-state index in [2.05, 4.69) is 5.10 Å². The quantitative estimate of drug-likeness (QED) is 0.877. The predicted octanol–water partition coefficient (Wildman–Crippen LogP) is 2.22. The minimum absolute atomic E-state index is 0.635. The van der Waals surface area contributed by atoms with E-state index in [-0.39, 0.29) is 0 Å². The summed E-state index contributed by atoms with van der Waals surface area (Å²) in [5.74, 6) is 1.60. The van der Waals surface area contributed by atoms with Crippen LogP contribution in [0, 0.1) is 6.92 Å². The molecule has 2 N–H and O–H groups in total. The lowest BCUT2D eigenvalue weighted by Crippen LogP contribution is -2.07. The standard InChI is InChI=1S/C13H17N3O/c1-3-17-12-7-5-4-6-11(12)9-16-13(14)10(2)8-15-16/h4-8H,3,9,14H2,1-2H3. The van der Waals surface area contributed by atoms with E-state index < -0.39 is 0 Å². The van der Waals surface area contributed by atoms with Gasteiger partial charge in [-0.1, -0.05) is 18.2 Å². The van der Waals surface area contributed by atoms with E-state index >= 15 is 0 Å². The van der Waals surface area contributed by atoms with E-state index in [4.69, 9.17) is 10.5 Å². The molecule has 0 aliphatic rings. The molecule has 0 unspecified atom stereocenters. The number of nitrogens with two attached hydrogens (primary N) is 1. The number of aryl methyl sites for hydroxylation is 1. The Morgan fingerprint density at radius 2 is 2.12 bits per heavy atom. The lowest BCUT2D eigenvalue weighted by molar-refractivity contribution is 0.335. The van der Waals surface area contributed by atoms with Crippen LogP contribution in [0.25, 0.3) is 0 Å². The molecule has 0 aliphatic carbocycles. The molecular weight excluding hydrogens is 214 g/mol. The molecule has 0 radical (unpaired) electrons. The molecule has 1 aromatic carbocycles. The highest BCUT2D eigenvalue weighted by Crippen LogP contribution is 2.20. The van der Waals surface area contributed by atoms with Gasteiger partial charge in [-0.25, -0.2) is 4.68 Å². The molecule has 0 aliphatic heterocycles. The van der Waals surface area contributed by atoms with Crippen molar-refractivity contribution in [1.29, 1.82) is 0 Å². The summed E-state index contributed by atoms with van der Waals surface area (Å²) in [6.07, 6.45) is 1.78. The van der Waals surface area contributed by atoms with Gasteiger partial charge in [0.25, 0.3) is 0 Å². The Kier molecular flexibility index (Phi) is 3.32. The minimum atomic E-state index is 0.635. The highest BCUT2D eigenvalue weighted by atomic mass is 16.5. The van der Waals surface area contributed by atoms with E-state index in [0.29, 0.717) is 19.0 Å². The van der Waals surface area contributed by atoms with Gasteiger partial charge in [0.2, 0.25) is 0 Å². The first-order chi connectivity index (χ1) is 8.22. The molecule has 4 heteroatoms. The fourth-order valence-corrected chi connectivity index (χ4v) is 1.71. The Hall–Kier alpha value is -1.97. The molecular formula is C13H17N3O. The Labute approximate surface area is 101 Å². The number of aromatic nitrogens is 2. The number of ether oxygens (including phenoxy) is 1. The maximum absolute atomic E-state index is 5.93. The van der Waals surface area contributed by atoms with Gasteiger partial charge in [0.1, 0.15) is 11.6 Å². The van der Waals surface area contributed by atoms with Crippen molar-refractivity contribution in [3.8, 4) is 5.75 Å². The zero-order valence-electron chi connectivity index (χ0n) is 10.2. The molecule has 17 heavy (non-hydrogen) atoms. The lowest BCUT2D eigenvalue weighted by atomic mass is 10.2. The SMILES string of the molecule is CCOc1ccccc1Cn1ncc(C)c1N. The molecule has 1 aromatic heterocycles. The summed E-state index contributed by atoms with van der Waals surface area (Å²) in [5.41, 5.74) is 8.02. The first-order valence-electron chi connectivity index (χ1n) is 5.71. The molecule has 0 fully saturated rings. The molecule has 90 valence electrons. The van der Waals surface area contributed by atoms with E-state index in [1.54, 1.807) is 10.9 Å². The Morgan fingerprint density at radius 3 is 2.76 bits per heavy atom. The Balaban J connectivity index is 2.26. The van der Waals surface area contributed by atoms with Gasteiger partial charge in [0, 0.05) is 11.1 Å². The number of nitrogen functional groups attached to an aromatic ring is 1. The van der Waals surface area contributed by atoms with Gasteiger partial charge in [0.05, 0.1) is 19.3 Å². The molecule has 0 bridgehead atoms. The van der Waals surface area contributed by atoms with Crippen molar-refractivity contribution >= 4 is 5.82 Å². The third kappa shape index (κ3) is 2.41. The van der Waals surface area contributed by atoms with Crippen LogP contribution in [0.4, 0.5) is 5.82 Å². The van der Waals surface area contributed by atoms with Gasteiger partial charge in [0.15, 0.2) is 0 Å². The molecule has 2 rings (SSSR count).